The van der Waals surface area contributed by atoms with Crippen molar-refractivity contribution < 1.29 is 0 Å². The molecule has 1 unspecified atom stereocenters. The summed E-state index contributed by atoms with van der Waals surface area (Å²) in [6, 6.07) is 0.494. The summed E-state index contributed by atoms with van der Waals surface area (Å²) in [6.45, 7) is 4.57. The average Bonchev–Trinajstić information content (AvgIpc) is 2.37. The molecule has 1 atom stereocenters. The van der Waals surface area contributed by atoms with Crippen molar-refractivity contribution >= 4 is 0 Å². The second-order valence-corrected chi connectivity index (χ2v) is 6.08. The summed E-state index contributed by atoms with van der Waals surface area (Å²) in [7, 11) is 0. The standard InChI is InChI=1S/C16H33N/c1-3-5-7-9-16(17)15-12-10-14(11-13-15)8-6-4-2/h14-16H,3-13,17H2,1-2H3. The number of rotatable bonds is 8. The molecule has 0 saturated heterocycles. The highest BCUT2D eigenvalue weighted by Gasteiger charge is 2.24. The lowest BCUT2D eigenvalue weighted by molar-refractivity contribution is 0.224. The van der Waals surface area contributed by atoms with Gasteiger partial charge in [0.2, 0.25) is 0 Å². The largest absolute Gasteiger partial charge is 0.327 e. The molecule has 1 aliphatic carbocycles. The Labute approximate surface area is 109 Å². The van der Waals surface area contributed by atoms with E-state index in [9.17, 15) is 0 Å². The molecule has 0 aromatic rings. The molecule has 1 nitrogen and oxygen atoms in total. The zero-order valence-corrected chi connectivity index (χ0v) is 12.1. The zero-order valence-electron chi connectivity index (χ0n) is 12.1. The summed E-state index contributed by atoms with van der Waals surface area (Å²) in [5.74, 6) is 1.86. The van der Waals surface area contributed by atoms with Gasteiger partial charge >= 0.3 is 0 Å². The summed E-state index contributed by atoms with van der Waals surface area (Å²) < 4.78 is 0. The van der Waals surface area contributed by atoms with E-state index in [2.05, 4.69) is 13.8 Å². The van der Waals surface area contributed by atoms with Crippen LogP contribution in [0.15, 0.2) is 0 Å². The van der Waals surface area contributed by atoms with E-state index in [1.54, 1.807) is 0 Å². The topological polar surface area (TPSA) is 26.0 Å². The minimum absolute atomic E-state index is 0.494. The van der Waals surface area contributed by atoms with Gasteiger partial charge in [0.15, 0.2) is 0 Å². The fourth-order valence-electron chi connectivity index (χ4n) is 3.26. The Balaban J connectivity index is 2.12. The van der Waals surface area contributed by atoms with Crippen LogP contribution in [0.25, 0.3) is 0 Å². The van der Waals surface area contributed by atoms with E-state index >= 15 is 0 Å². The molecule has 1 heteroatoms. The molecular formula is C16H33N. The van der Waals surface area contributed by atoms with Crippen LogP contribution in [-0.2, 0) is 0 Å². The van der Waals surface area contributed by atoms with Crippen LogP contribution in [0.2, 0.25) is 0 Å². The van der Waals surface area contributed by atoms with E-state index in [0.29, 0.717) is 6.04 Å². The third-order valence-corrected chi connectivity index (χ3v) is 4.60. The molecule has 1 aliphatic rings. The van der Waals surface area contributed by atoms with Crippen molar-refractivity contribution in [2.75, 3.05) is 0 Å². The molecule has 1 rings (SSSR count). The normalized spacial score (nSPS) is 27.0. The molecule has 0 aromatic carbocycles. The van der Waals surface area contributed by atoms with Crippen molar-refractivity contribution in [2.24, 2.45) is 17.6 Å². The van der Waals surface area contributed by atoms with Gasteiger partial charge in [-0.1, -0.05) is 65.2 Å². The van der Waals surface area contributed by atoms with E-state index in [4.69, 9.17) is 5.73 Å². The first kappa shape index (κ1) is 15.0. The number of hydrogen-bond acceptors (Lipinski definition) is 1. The molecule has 0 amide bonds. The first-order chi connectivity index (χ1) is 8.27. The predicted molar refractivity (Wildman–Crippen MR) is 77.1 cm³/mol. The van der Waals surface area contributed by atoms with Gasteiger partial charge in [-0.15, -0.1) is 0 Å². The highest BCUT2D eigenvalue weighted by atomic mass is 14.6. The van der Waals surface area contributed by atoms with Crippen molar-refractivity contribution in [1.29, 1.82) is 0 Å². The quantitative estimate of drug-likeness (QED) is 0.600. The second kappa shape index (κ2) is 8.97. The first-order valence-electron chi connectivity index (χ1n) is 8.03. The molecule has 1 fully saturated rings. The molecule has 0 aliphatic heterocycles. The minimum Gasteiger partial charge on any atom is -0.327 e. The van der Waals surface area contributed by atoms with Crippen LogP contribution in [0, 0.1) is 11.8 Å². The third-order valence-electron chi connectivity index (χ3n) is 4.60. The van der Waals surface area contributed by atoms with Crippen LogP contribution in [0.3, 0.4) is 0 Å². The Morgan fingerprint density at radius 3 is 2.18 bits per heavy atom. The Morgan fingerprint density at radius 1 is 0.941 bits per heavy atom. The van der Waals surface area contributed by atoms with Gasteiger partial charge in [0, 0.05) is 6.04 Å². The van der Waals surface area contributed by atoms with Gasteiger partial charge in [-0.3, -0.25) is 0 Å². The van der Waals surface area contributed by atoms with Crippen molar-refractivity contribution in [3.63, 3.8) is 0 Å². The fourth-order valence-corrected chi connectivity index (χ4v) is 3.26. The van der Waals surface area contributed by atoms with Crippen LogP contribution >= 0.6 is 0 Å². The number of hydrogen-bond donors (Lipinski definition) is 1. The maximum Gasteiger partial charge on any atom is 0.00671 e. The zero-order chi connectivity index (χ0) is 12.5. The summed E-state index contributed by atoms with van der Waals surface area (Å²) in [5, 5.41) is 0. The van der Waals surface area contributed by atoms with Gasteiger partial charge in [0.05, 0.1) is 0 Å². The smallest absolute Gasteiger partial charge is 0.00671 e. The van der Waals surface area contributed by atoms with Crippen molar-refractivity contribution in [2.45, 2.75) is 90.5 Å². The second-order valence-electron chi connectivity index (χ2n) is 6.08. The van der Waals surface area contributed by atoms with Gasteiger partial charge in [-0.2, -0.15) is 0 Å². The molecule has 2 N–H and O–H groups in total. The minimum atomic E-state index is 0.494. The Hall–Kier alpha value is -0.0400. The maximum absolute atomic E-state index is 6.33. The monoisotopic (exact) mass is 239 g/mol. The Morgan fingerprint density at radius 2 is 1.59 bits per heavy atom. The molecular weight excluding hydrogens is 206 g/mol. The molecule has 102 valence electrons. The predicted octanol–water partition coefficient (Wildman–Crippen LogP) is 4.89. The van der Waals surface area contributed by atoms with Crippen LogP contribution in [-0.4, -0.2) is 6.04 Å². The van der Waals surface area contributed by atoms with Crippen molar-refractivity contribution in [3.05, 3.63) is 0 Å². The summed E-state index contributed by atoms with van der Waals surface area (Å²) >= 11 is 0. The molecule has 1 saturated carbocycles. The van der Waals surface area contributed by atoms with Crippen LogP contribution in [0.5, 0.6) is 0 Å². The van der Waals surface area contributed by atoms with Gasteiger partial charge in [0.25, 0.3) is 0 Å². The van der Waals surface area contributed by atoms with E-state index in [1.807, 2.05) is 0 Å². The molecule has 0 radical (unpaired) electrons. The maximum atomic E-state index is 6.33. The lowest BCUT2D eigenvalue weighted by Crippen LogP contribution is -2.33. The molecule has 0 spiro atoms. The van der Waals surface area contributed by atoms with E-state index in [1.165, 1.54) is 70.6 Å². The highest BCUT2D eigenvalue weighted by Crippen LogP contribution is 2.34. The average molecular weight is 239 g/mol. The summed E-state index contributed by atoms with van der Waals surface area (Å²) in [4.78, 5) is 0. The molecule has 0 aromatic heterocycles. The van der Waals surface area contributed by atoms with Gasteiger partial charge in [-0.05, 0) is 31.1 Å². The van der Waals surface area contributed by atoms with Gasteiger partial charge in [-0.25, -0.2) is 0 Å². The SMILES string of the molecule is CCCCCC(N)C1CCC(CCCC)CC1. The molecule has 17 heavy (non-hydrogen) atoms. The van der Waals surface area contributed by atoms with Crippen LogP contribution < -0.4 is 5.73 Å². The van der Waals surface area contributed by atoms with Crippen molar-refractivity contribution in [3.8, 4) is 0 Å². The summed E-state index contributed by atoms with van der Waals surface area (Å²) in [6.07, 6.45) is 15.2. The summed E-state index contributed by atoms with van der Waals surface area (Å²) in [5.41, 5.74) is 6.33. The van der Waals surface area contributed by atoms with E-state index < -0.39 is 0 Å². The first-order valence-corrected chi connectivity index (χ1v) is 8.03. The number of nitrogens with two attached hydrogens (primary N) is 1. The van der Waals surface area contributed by atoms with Gasteiger partial charge in [0.1, 0.15) is 0 Å². The van der Waals surface area contributed by atoms with Crippen LogP contribution in [0.4, 0.5) is 0 Å². The highest BCUT2D eigenvalue weighted by molar-refractivity contribution is 4.79. The van der Waals surface area contributed by atoms with Gasteiger partial charge < -0.3 is 5.73 Å². The van der Waals surface area contributed by atoms with Crippen molar-refractivity contribution in [1.82, 2.24) is 0 Å². The van der Waals surface area contributed by atoms with E-state index in [-0.39, 0.29) is 0 Å². The third kappa shape index (κ3) is 5.90. The Bertz CT molecular complexity index is 170. The number of unbranched alkanes of at least 4 members (excludes halogenated alkanes) is 3. The fraction of sp³-hybridized carbons (Fsp3) is 1.00. The molecule has 0 bridgehead atoms. The lowest BCUT2D eigenvalue weighted by atomic mass is 9.76. The molecule has 0 heterocycles. The van der Waals surface area contributed by atoms with E-state index in [0.717, 1.165) is 11.8 Å². The Kier molecular flexibility index (Phi) is 7.92. The lowest BCUT2D eigenvalue weighted by Gasteiger charge is -2.32. The van der Waals surface area contributed by atoms with Crippen LogP contribution in [0.1, 0.15) is 84.5 Å².